The number of rotatable bonds is 3. The molecule has 0 spiro atoms. The number of amides is 1. The van der Waals surface area contributed by atoms with Crippen molar-refractivity contribution in [3.8, 4) is 10.6 Å². The van der Waals surface area contributed by atoms with Gasteiger partial charge in [-0.1, -0.05) is 6.07 Å². The van der Waals surface area contributed by atoms with Crippen LogP contribution >= 0.6 is 11.3 Å². The standard InChI is InChI=1S/C15H10N4O2S/c20-15(13-14(21-8-16-13)12-2-1-5-22-12)18-10-3-4-11-9(6-10)7-17-19-11/h1-8H,(H,17,19)(H,18,20). The minimum absolute atomic E-state index is 0.273. The summed E-state index contributed by atoms with van der Waals surface area (Å²) in [4.78, 5) is 17.3. The summed E-state index contributed by atoms with van der Waals surface area (Å²) in [5, 5.41) is 12.5. The number of carbonyl (C=O) groups is 1. The maximum atomic E-state index is 12.4. The number of oxazole rings is 1. The molecule has 4 rings (SSSR count). The molecule has 4 aromatic rings. The van der Waals surface area contributed by atoms with Gasteiger partial charge >= 0.3 is 0 Å². The Kier molecular flexibility index (Phi) is 2.97. The Hall–Kier alpha value is -2.93. The van der Waals surface area contributed by atoms with Gasteiger partial charge in [-0.15, -0.1) is 11.3 Å². The van der Waals surface area contributed by atoms with Crippen LogP contribution in [0.25, 0.3) is 21.5 Å². The fraction of sp³-hybridized carbons (Fsp3) is 0. The van der Waals surface area contributed by atoms with Crippen LogP contribution in [0.1, 0.15) is 10.5 Å². The van der Waals surface area contributed by atoms with E-state index in [1.165, 1.54) is 17.7 Å². The summed E-state index contributed by atoms with van der Waals surface area (Å²) in [6.45, 7) is 0. The SMILES string of the molecule is O=C(Nc1ccc2[nH]ncc2c1)c1ncoc1-c1cccs1. The highest BCUT2D eigenvalue weighted by atomic mass is 32.1. The predicted molar refractivity (Wildman–Crippen MR) is 83.9 cm³/mol. The molecule has 3 heterocycles. The molecule has 0 atom stereocenters. The van der Waals surface area contributed by atoms with Crippen molar-refractivity contribution in [3.63, 3.8) is 0 Å². The summed E-state index contributed by atoms with van der Waals surface area (Å²) in [5.74, 6) is 0.178. The van der Waals surface area contributed by atoms with Crippen molar-refractivity contribution >= 4 is 33.8 Å². The van der Waals surface area contributed by atoms with Gasteiger partial charge in [-0.3, -0.25) is 9.89 Å². The third-order valence-corrected chi connectivity index (χ3v) is 4.09. The minimum Gasteiger partial charge on any atom is -0.442 e. The van der Waals surface area contributed by atoms with Crippen LogP contribution in [0.5, 0.6) is 0 Å². The van der Waals surface area contributed by atoms with Gasteiger partial charge in [0, 0.05) is 11.1 Å². The molecule has 1 aromatic carbocycles. The highest BCUT2D eigenvalue weighted by Gasteiger charge is 2.19. The number of anilines is 1. The Balaban J connectivity index is 1.64. The third-order valence-electron chi connectivity index (χ3n) is 3.23. The van der Waals surface area contributed by atoms with Crippen LogP contribution in [0.3, 0.4) is 0 Å². The fourth-order valence-corrected chi connectivity index (χ4v) is 2.91. The topological polar surface area (TPSA) is 83.8 Å². The van der Waals surface area contributed by atoms with Crippen LogP contribution in [0, 0.1) is 0 Å². The number of hydrogen-bond donors (Lipinski definition) is 2. The average Bonchev–Trinajstić information content (AvgIpc) is 3.26. The first-order chi connectivity index (χ1) is 10.8. The zero-order chi connectivity index (χ0) is 14.9. The Morgan fingerprint density at radius 2 is 2.27 bits per heavy atom. The summed E-state index contributed by atoms with van der Waals surface area (Å²) in [6, 6.07) is 9.31. The first-order valence-electron chi connectivity index (χ1n) is 6.53. The van der Waals surface area contributed by atoms with Crippen LogP contribution in [-0.4, -0.2) is 21.1 Å². The largest absolute Gasteiger partial charge is 0.442 e. The molecule has 0 saturated carbocycles. The van der Waals surface area contributed by atoms with E-state index in [0.29, 0.717) is 11.4 Å². The van der Waals surface area contributed by atoms with Gasteiger partial charge in [-0.2, -0.15) is 5.10 Å². The lowest BCUT2D eigenvalue weighted by Gasteiger charge is -2.04. The lowest BCUT2D eigenvalue weighted by molar-refractivity contribution is 0.102. The summed E-state index contributed by atoms with van der Waals surface area (Å²) in [7, 11) is 0. The minimum atomic E-state index is -0.306. The van der Waals surface area contributed by atoms with Crippen molar-refractivity contribution in [1.82, 2.24) is 15.2 Å². The van der Waals surface area contributed by atoms with E-state index >= 15 is 0 Å². The van der Waals surface area contributed by atoms with E-state index in [1.807, 2.05) is 35.7 Å². The molecular formula is C15H10N4O2S. The number of aromatic amines is 1. The molecule has 0 unspecified atom stereocenters. The molecule has 0 aliphatic rings. The van der Waals surface area contributed by atoms with E-state index in [4.69, 9.17) is 4.42 Å². The van der Waals surface area contributed by atoms with Crippen LogP contribution in [0.15, 0.2) is 52.7 Å². The average molecular weight is 310 g/mol. The Morgan fingerprint density at radius 3 is 3.14 bits per heavy atom. The van der Waals surface area contributed by atoms with Gasteiger partial charge in [-0.25, -0.2) is 4.98 Å². The zero-order valence-electron chi connectivity index (χ0n) is 11.2. The van der Waals surface area contributed by atoms with Gasteiger partial charge in [0.25, 0.3) is 5.91 Å². The Labute approximate surface area is 128 Å². The molecule has 0 fully saturated rings. The number of H-pyrrole nitrogens is 1. The zero-order valence-corrected chi connectivity index (χ0v) is 12.1. The number of aromatic nitrogens is 3. The van der Waals surface area contributed by atoms with Crippen LogP contribution in [-0.2, 0) is 0 Å². The van der Waals surface area contributed by atoms with Crippen molar-refractivity contribution in [3.05, 3.63) is 54.0 Å². The quantitative estimate of drug-likeness (QED) is 0.606. The van der Waals surface area contributed by atoms with E-state index in [0.717, 1.165) is 15.8 Å². The van der Waals surface area contributed by atoms with Crippen molar-refractivity contribution in [2.75, 3.05) is 5.32 Å². The summed E-state index contributed by atoms with van der Waals surface area (Å²) < 4.78 is 5.35. The van der Waals surface area contributed by atoms with Crippen LogP contribution < -0.4 is 5.32 Å². The highest BCUT2D eigenvalue weighted by Crippen LogP contribution is 2.28. The second kappa shape index (κ2) is 5.12. The molecule has 0 saturated heterocycles. The Bertz CT molecular complexity index is 939. The molecule has 3 aromatic heterocycles. The summed E-state index contributed by atoms with van der Waals surface area (Å²) >= 11 is 1.50. The number of benzene rings is 1. The number of hydrogen-bond acceptors (Lipinski definition) is 5. The van der Waals surface area contributed by atoms with E-state index in [1.54, 1.807) is 6.20 Å². The second-order valence-corrected chi connectivity index (χ2v) is 5.58. The first-order valence-corrected chi connectivity index (χ1v) is 7.41. The molecule has 1 amide bonds. The molecule has 0 radical (unpaired) electrons. The normalized spacial score (nSPS) is 10.9. The molecule has 7 heteroatoms. The third kappa shape index (κ3) is 2.17. The van der Waals surface area contributed by atoms with Gasteiger partial charge < -0.3 is 9.73 Å². The van der Waals surface area contributed by atoms with Gasteiger partial charge in [0.15, 0.2) is 17.8 Å². The maximum Gasteiger partial charge on any atom is 0.278 e. The van der Waals surface area contributed by atoms with E-state index in [9.17, 15) is 4.79 Å². The molecule has 2 N–H and O–H groups in total. The number of nitrogens with one attached hydrogen (secondary N) is 2. The molecule has 108 valence electrons. The number of carbonyl (C=O) groups excluding carboxylic acids is 1. The summed E-state index contributed by atoms with van der Waals surface area (Å²) in [6.07, 6.45) is 2.99. The molecule has 0 aliphatic heterocycles. The van der Waals surface area contributed by atoms with Crippen molar-refractivity contribution < 1.29 is 9.21 Å². The van der Waals surface area contributed by atoms with Gasteiger partial charge in [0.2, 0.25) is 0 Å². The lowest BCUT2D eigenvalue weighted by atomic mass is 10.2. The number of thiophene rings is 1. The van der Waals surface area contributed by atoms with Crippen molar-refractivity contribution in [2.45, 2.75) is 0 Å². The first kappa shape index (κ1) is 12.8. The maximum absolute atomic E-state index is 12.4. The summed E-state index contributed by atoms with van der Waals surface area (Å²) in [5.41, 5.74) is 1.87. The molecule has 0 bridgehead atoms. The monoisotopic (exact) mass is 310 g/mol. The van der Waals surface area contributed by atoms with E-state index < -0.39 is 0 Å². The van der Waals surface area contributed by atoms with Gasteiger partial charge in [0.1, 0.15) is 0 Å². The second-order valence-electron chi connectivity index (χ2n) is 4.63. The van der Waals surface area contributed by atoms with Crippen molar-refractivity contribution in [2.24, 2.45) is 0 Å². The molecule has 6 nitrogen and oxygen atoms in total. The Morgan fingerprint density at radius 1 is 1.32 bits per heavy atom. The van der Waals surface area contributed by atoms with Crippen molar-refractivity contribution in [1.29, 1.82) is 0 Å². The highest BCUT2D eigenvalue weighted by molar-refractivity contribution is 7.13. The predicted octanol–water partition coefficient (Wildman–Crippen LogP) is 3.53. The fourth-order valence-electron chi connectivity index (χ4n) is 2.20. The van der Waals surface area contributed by atoms with Gasteiger partial charge in [-0.05, 0) is 29.6 Å². The lowest BCUT2D eigenvalue weighted by Crippen LogP contribution is -2.13. The molecular weight excluding hydrogens is 300 g/mol. The number of fused-ring (bicyclic) bond motifs is 1. The van der Waals surface area contributed by atoms with E-state index in [2.05, 4.69) is 20.5 Å². The van der Waals surface area contributed by atoms with Crippen LogP contribution in [0.2, 0.25) is 0 Å². The van der Waals surface area contributed by atoms with Crippen LogP contribution in [0.4, 0.5) is 5.69 Å². The smallest absolute Gasteiger partial charge is 0.278 e. The number of nitrogens with zero attached hydrogens (tertiary/aromatic N) is 2. The van der Waals surface area contributed by atoms with Gasteiger partial charge in [0.05, 0.1) is 16.6 Å². The molecule has 22 heavy (non-hydrogen) atoms. The molecule has 0 aliphatic carbocycles. The van der Waals surface area contributed by atoms with E-state index in [-0.39, 0.29) is 11.6 Å².